The molecule has 11 heteroatoms. The van der Waals surface area contributed by atoms with E-state index in [-0.39, 0.29) is 18.1 Å². The number of ether oxygens (including phenoxy) is 1. The molecule has 178 valence electrons. The second-order valence-electron chi connectivity index (χ2n) is 8.86. The second kappa shape index (κ2) is 9.33. The van der Waals surface area contributed by atoms with E-state index in [1.165, 1.54) is 0 Å². The summed E-state index contributed by atoms with van der Waals surface area (Å²) in [5.74, 6) is 1.36. The van der Waals surface area contributed by atoms with Gasteiger partial charge in [0.1, 0.15) is 11.9 Å². The van der Waals surface area contributed by atoms with E-state index in [2.05, 4.69) is 11.1 Å². The molecule has 1 amide bonds. The number of hydrazone groups is 1. The quantitative estimate of drug-likeness (QED) is 0.260. The van der Waals surface area contributed by atoms with Crippen molar-refractivity contribution in [3.8, 4) is 11.9 Å². The number of rotatable bonds is 4. The molecule has 4 heterocycles. The van der Waals surface area contributed by atoms with E-state index in [0.717, 1.165) is 29.2 Å². The Morgan fingerprint density at radius 3 is 2.71 bits per heavy atom. The van der Waals surface area contributed by atoms with Crippen molar-refractivity contribution in [2.45, 2.75) is 42.5 Å². The number of carbonyl (C=O) groups excluding carboxylic acids is 1. The molecule has 0 N–H and O–H groups in total. The molecule has 8 nitrogen and oxygen atoms in total. The van der Waals surface area contributed by atoms with Gasteiger partial charge in [-0.25, -0.2) is 5.01 Å². The van der Waals surface area contributed by atoms with Crippen LogP contribution < -0.4 is 4.74 Å². The molecule has 4 aliphatic heterocycles. The number of likely N-dealkylation sites (tertiary alicyclic amines) is 2. The molecule has 1 aromatic rings. The minimum absolute atomic E-state index is 0.0304. The van der Waals surface area contributed by atoms with Gasteiger partial charge in [-0.2, -0.15) is 10.4 Å². The van der Waals surface area contributed by atoms with Crippen molar-refractivity contribution in [1.29, 1.82) is 5.26 Å². The van der Waals surface area contributed by atoms with Gasteiger partial charge in [-0.05, 0) is 44.0 Å². The number of nitrogens with zero attached hydrogens (tertiary/aromatic N) is 6. The molecule has 4 aliphatic rings. The number of benzene rings is 1. The lowest BCUT2D eigenvalue weighted by atomic mass is 10.1. The van der Waals surface area contributed by atoms with Crippen LogP contribution in [0.1, 0.15) is 26.2 Å². The summed E-state index contributed by atoms with van der Waals surface area (Å²) in [6.07, 6.45) is 6.10. The van der Waals surface area contributed by atoms with Gasteiger partial charge in [0.05, 0.1) is 35.6 Å². The van der Waals surface area contributed by atoms with Gasteiger partial charge in [-0.1, -0.05) is 17.7 Å². The molecule has 2 fully saturated rings. The zero-order valence-corrected chi connectivity index (χ0v) is 21.0. The van der Waals surface area contributed by atoms with Gasteiger partial charge in [0.25, 0.3) is 0 Å². The van der Waals surface area contributed by atoms with Crippen LogP contribution >= 0.6 is 35.0 Å². The summed E-state index contributed by atoms with van der Waals surface area (Å²) in [6, 6.07) is 7.06. The lowest BCUT2D eigenvalue weighted by Crippen LogP contribution is -2.59. The van der Waals surface area contributed by atoms with E-state index in [1.807, 2.05) is 35.0 Å². The fraction of sp³-hybridized carbons (Fsp3) is 0.478. The van der Waals surface area contributed by atoms with Gasteiger partial charge in [-0.3, -0.25) is 4.79 Å². The third-order valence-electron chi connectivity index (χ3n) is 6.23. The van der Waals surface area contributed by atoms with Crippen molar-refractivity contribution < 1.29 is 9.53 Å². The first-order valence-corrected chi connectivity index (χ1v) is 12.8. The number of halogens is 2. The molecule has 5 rings (SSSR count). The van der Waals surface area contributed by atoms with Crippen molar-refractivity contribution in [2.75, 3.05) is 26.2 Å². The fourth-order valence-corrected chi connectivity index (χ4v) is 6.06. The lowest BCUT2D eigenvalue weighted by molar-refractivity contribution is -0.128. The number of allylic oxidation sites excluding steroid dienone is 1. The number of hydrogen-bond donors (Lipinski definition) is 0. The Morgan fingerprint density at radius 1 is 1.32 bits per heavy atom. The molecule has 0 aliphatic carbocycles. The number of nitriles is 1. The standard InChI is InChI=1S/C23H24Cl2N6O2S/c1-23(25)9-8-19(34-23)21-18(30-10-2-3-20(30)32)13-31(28-21)22(27-14-26)29-11-17(12-29)33-16-6-4-15(24)5-7-16/h4-8,17-18H,2-3,9-13H2,1H3. The molecule has 1 aromatic carbocycles. The van der Waals surface area contributed by atoms with E-state index in [1.54, 1.807) is 28.9 Å². The van der Waals surface area contributed by atoms with Crippen LogP contribution in [0.4, 0.5) is 0 Å². The average Bonchev–Trinajstić information content (AvgIpc) is 3.48. The highest BCUT2D eigenvalue weighted by atomic mass is 35.5. The van der Waals surface area contributed by atoms with Crippen LogP contribution in [0, 0.1) is 11.5 Å². The number of carbonyl (C=O) groups is 1. The van der Waals surface area contributed by atoms with E-state index in [9.17, 15) is 10.1 Å². The molecule has 34 heavy (non-hydrogen) atoms. The zero-order valence-electron chi connectivity index (χ0n) is 18.7. The average molecular weight is 519 g/mol. The lowest BCUT2D eigenvalue weighted by Gasteiger charge is -2.42. The SMILES string of the molecule is CC1(Cl)CC=C(C2=NN(C(=NC#N)N3CC(Oc4ccc(Cl)cc4)C3)CC2N2CCCC2=O)S1. The van der Waals surface area contributed by atoms with Gasteiger partial charge < -0.3 is 14.5 Å². The number of amides is 1. The summed E-state index contributed by atoms with van der Waals surface area (Å²) < 4.78 is 5.58. The Hall–Kier alpha value is -2.41. The van der Waals surface area contributed by atoms with Crippen molar-refractivity contribution in [1.82, 2.24) is 14.8 Å². The highest BCUT2D eigenvalue weighted by Crippen LogP contribution is 2.47. The van der Waals surface area contributed by atoms with E-state index in [0.29, 0.717) is 43.6 Å². The number of thioether (sulfide) groups is 1. The Bertz CT molecular complexity index is 1110. The van der Waals surface area contributed by atoms with Crippen LogP contribution in [0.15, 0.2) is 45.3 Å². The van der Waals surface area contributed by atoms with Gasteiger partial charge in [0.2, 0.25) is 18.1 Å². The molecule has 0 aromatic heterocycles. The smallest absolute Gasteiger partial charge is 0.233 e. The summed E-state index contributed by atoms with van der Waals surface area (Å²) in [5.41, 5.74) is 0.824. The molecule has 0 saturated carbocycles. The highest BCUT2D eigenvalue weighted by molar-refractivity contribution is 8.06. The summed E-state index contributed by atoms with van der Waals surface area (Å²) >= 11 is 14.1. The molecule has 0 bridgehead atoms. The number of alkyl halides is 1. The van der Waals surface area contributed by atoms with E-state index in [4.69, 9.17) is 33.0 Å². The topological polar surface area (TPSA) is 84.5 Å². The second-order valence-corrected chi connectivity index (χ2v) is 11.9. The molecule has 2 unspecified atom stereocenters. The maximum absolute atomic E-state index is 12.6. The summed E-state index contributed by atoms with van der Waals surface area (Å²) in [5, 5.41) is 16.6. The Morgan fingerprint density at radius 2 is 2.09 bits per heavy atom. The monoisotopic (exact) mass is 518 g/mol. The van der Waals surface area contributed by atoms with Crippen molar-refractivity contribution >= 4 is 52.5 Å². The van der Waals surface area contributed by atoms with Crippen LogP contribution in [0.5, 0.6) is 5.75 Å². The Labute approximate surface area is 212 Å². The van der Waals surface area contributed by atoms with E-state index < -0.39 is 4.21 Å². The van der Waals surface area contributed by atoms with E-state index >= 15 is 0 Å². The van der Waals surface area contributed by atoms with Crippen LogP contribution in [0.3, 0.4) is 0 Å². The van der Waals surface area contributed by atoms with Crippen LogP contribution in [-0.4, -0.2) is 74.9 Å². The summed E-state index contributed by atoms with van der Waals surface area (Å²) in [7, 11) is 0. The van der Waals surface area contributed by atoms with Gasteiger partial charge in [0.15, 0.2) is 0 Å². The maximum atomic E-state index is 12.6. The first-order chi connectivity index (χ1) is 16.3. The summed E-state index contributed by atoms with van der Waals surface area (Å²) in [6.45, 7) is 4.30. The molecule has 0 radical (unpaired) electrons. The van der Waals surface area contributed by atoms with Crippen molar-refractivity contribution in [3.05, 3.63) is 40.3 Å². The molecular formula is C23H24Cl2N6O2S. The van der Waals surface area contributed by atoms with Gasteiger partial charge in [0, 0.05) is 22.9 Å². The third-order valence-corrected chi connectivity index (χ3v) is 8.06. The van der Waals surface area contributed by atoms with Gasteiger partial charge >= 0.3 is 0 Å². The Balaban J connectivity index is 1.32. The van der Waals surface area contributed by atoms with Crippen molar-refractivity contribution in [2.24, 2.45) is 10.1 Å². The normalized spacial score (nSPS) is 27.6. The number of aliphatic imine (C=N–C) groups is 1. The minimum Gasteiger partial charge on any atom is -0.487 e. The minimum atomic E-state index is -0.419. The highest BCUT2D eigenvalue weighted by Gasteiger charge is 2.44. The first kappa shape index (κ1) is 23.3. The van der Waals surface area contributed by atoms with Crippen LogP contribution in [0.2, 0.25) is 5.02 Å². The summed E-state index contributed by atoms with van der Waals surface area (Å²) in [4.78, 5) is 21.5. The predicted octanol–water partition coefficient (Wildman–Crippen LogP) is 3.88. The zero-order chi connectivity index (χ0) is 23.9. The first-order valence-electron chi connectivity index (χ1n) is 11.2. The molecule has 0 spiro atoms. The van der Waals surface area contributed by atoms with Crippen LogP contribution in [0.25, 0.3) is 0 Å². The Kier molecular flexibility index (Phi) is 6.40. The molecular weight excluding hydrogens is 495 g/mol. The molecule has 2 saturated heterocycles. The number of hydrogen-bond acceptors (Lipinski definition) is 6. The predicted molar refractivity (Wildman–Crippen MR) is 134 cm³/mol. The largest absolute Gasteiger partial charge is 0.487 e. The fourth-order valence-electron chi connectivity index (χ4n) is 4.53. The molecule has 2 atom stereocenters. The maximum Gasteiger partial charge on any atom is 0.233 e. The van der Waals surface area contributed by atoms with Crippen LogP contribution in [-0.2, 0) is 4.79 Å². The van der Waals surface area contributed by atoms with Gasteiger partial charge in [-0.15, -0.1) is 28.4 Å². The van der Waals surface area contributed by atoms with Crippen molar-refractivity contribution in [3.63, 3.8) is 0 Å². The number of guanidine groups is 1. The third kappa shape index (κ3) is 4.72.